The summed E-state index contributed by atoms with van der Waals surface area (Å²) in [7, 11) is 1.27. The van der Waals surface area contributed by atoms with Crippen molar-refractivity contribution < 1.29 is 23.8 Å². The van der Waals surface area contributed by atoms with E-state index in [1.807, 2.05) is 6.92 Å². The number of hydrogen-bond donors (Lipinski definition) is 0. The van der Waals surface area contributed by atoms with E-state index in [9.17, 15) is 9.59 Å². The van der Waals surface area contributed by atoms with E-state index in [-0.39, 0.29) is 6.42 Å². The molecule has 0 aromatic rings. The molecule has 0 heterocycles. The van der Waals surface area contributed by atoms with E-state index in [2.05, 4.69) is 4.74 Å². The van der Waals surface area contributed by atoms with Gasteiger partial charge < -0.3 is 14.2 Å². The Morgan fingerprint density at radius 1 is 1.25 bits per heavy atom. The molecule has 0 rings (SSSR count). The first kappa shape index (κ1) is 14.9. The van der Waals surface area contributed by atoms with Gasteiger partial charge in [-0.15, -0.1) is 0 Å². The van der Waals surface area contributed by atoms with Gasteiger partial charge in [0.2, 0.25) is 0 Å². The molecule has 0 aromatic heterocycles. The highest BCUT2D eigenvalue weighted by molar-refractivity contribution is 5.81. The van der Waals surface area contributed by atoms with Gasteiger partial charge in [-0.1, -0.05) is 13.3 Å². The molecule has 0 aliphatic rings. The van der Waals surface area contributed by atoms with Crippen molar-refractivity contribution in [2.75, 3.05) is 20.3 Å². The second kappa shape index (κ2) is 9.15. The lowest BCUT2D eigenvalue weighted by atomic mass is 10.2. The third kappa shape index (κ3) is 6.40. The zero-order valence-corrected chi connectivity index (χ0v) is 10.2. The van der Waals surface area contributed by atoms with E-state index >= 15 is 0 Å². The molecule has 5 heteroatoms. The van der Waals surface area contributed by atoms with Crippen LogP contribution in [0, 0.1) is 0 Å². The largest absolute Gasteiger partial charge is 0.467 e. The lowest BCUT2D eigenvalue weighted by Crippen LogP contribution is -2.29. The van der Waals surface area contributed by atoms with Gasteiger partial charge in [0.05, 0.1) is 20.1 Å². The highest BCUT2D eigenvalue weighted by Crippen LogP contribution is 2.04. The van der Waals surface area contributed by atoms with Gasteiger partial charge in [0.1, 0.15) is 0 Å². The zero-order valence-electron chi connectivity index (χ0n) is 10.2. The Kier molecular flexibility index (Phi) is 8.52. The van der Waals surface area contributed by atoms with E-state index in [4.69, 9.17) is 9.47 Å². The van der Waals surface area contributed by atoms with Gasteiger partial charge in [-0.3, -0.25) is 4.79 Å². The Hall–Kier alpha value is -1.10. The maximum atomic E-state index is 11.3. The van der Waals surface area contributed by atoms with Crippen molar-refractivity contribution in [2.24, 2.45) is 0 Å². The molecular weight excluding hydrogens is 212 g/mol. The van der Waals surface area contributed by atoms with Crippen LogP contribution in [0.25, 0.3) is 0 Å². The molecule has 0 aliphatic carbocycles. The lowest BCUT2D eigenvalue weighted by molar-refractivity contribution is -0.161. The summed E-state index contributed by atoms with van der Waals surface area (Å²) in [6.45, 7) is 4.46. The van der Waals surface area contributed by atoms with Crippen LogP contribution >= 0.6 is 0 Å². The maximum absolute atomic E-state index is 11.3. The Morgan fingerprint density at radius 2 is 1.94 bits per heavy atom. The van der Waals surface area contributed by atoms with Gasteiger partial charge in [0.25, 0.3) is 0 Å². The number of ether oxygens (including phenoxy) is 3. The lowest BCUT2D eigenvalue weighted by Gasteiger charge is -2.14. The standard InChI is InChI=1S/C11H20O5/c1-4-6-7-16-9(11(13)14-3)8-10(12)15-5-2/h9H,4-8H2,1-3H3. The predicted molar refractivity (Wildman–Crippen MR) is 57.9 cm³/mol. The molecule has 0 bridgehead atoms. The van der Waals surface area contributed by atoms with Crippen LogP contribution in [0.15, 0.2) is 0 Å². The fraction of sp³-hybridized carbons (Fsp3) is 0.818. The van der Waals surface area contributed by atoms with Crippen LogP contribution in [0.4, 0.5) is 0 Å². The topological polar surface area (TPSA) is 61.8 Å². The summed E-state index contributed by atoms with van der Waals surface area (Å²) in [6, 6.07) is 0. The van der Waals surface area contributed by atoms with Crippen molar-refractivity contribution in [2.45, 2.75) is 39.2 Å². The monoisotopic (exact) mass is 232 g/mol. The van der Waals surface area contributed by atoms with Crippen LogP contribution in [0.3, 0.4) is 0 Å². The quantitative estimate of drug-likeness (QED) is 0.466. The van der Waals surface area contributed by atoms with Gasteiger partial charge in [-0.05, 0) is 13.3 Å². The van der Waals surface area contributed by atoms with Crippen molar-refractivity contribution >= 4 is 11.9 Å². The van der Waals surface area contributed by atoms with E-state index in [0.29, 0.717) is 13.2 Å². The number of unbranched alkanes of at least 4 members (excludes halogenated alkanes) is 1. The maximum Gasteiger partial charge on any atom is 0.335 e. The van der Waals surface area contributed by atoms with Crippen LogP contribution < -0.4 is 0 Å². The smallest absolute Gasteiger partial charge is 0.335 e. The van der Waals surface area contributed by atoms with Gasteiger partial charge >= 0.3 is 11.9 Å². The first-order chi connectivity index (χ1) is 7.65. The molecule has 16 heavy (non-hydrogen) atoms. The minimum atomic E-state index is -0.851. The second-order valence-electron chi connectivity index (χ2n) is 3.25. The molecule has 0 aromatic carbocycles. The number of hydrogen-bond acceptors (Lipinski definition) is 5. The molecule has 0 spiro atoms. The second-order valence-corrected chi connectivity index (χ2v) is 3.25. The Morgan fingerprint density at radius 3 is 2.44 bits per heavy atom. The molecule has 0 N–H and O–H groups in total. The molecule has 1 unspecified atom stereocenters. The Bertz CT molecular complexity index is 214. The van der Waals surface area contributed by atoms with Crippen LogP contribution in [0.5, 0.6) is 0 Å². The highest BCUT2D eigenvalue weighted by Gasteiger charge is 2.23. The number of rotatable bonds is 8. The summed E-state index contributed by atoms with van der Waals surface area (Å²) in [6.07, 6.45) is 0.865. The van der Waals surface area contributed by atoms with Crippen LogP contribution in [-0.4, -0.2) is 38.4 Å². The normalized spacial score (nSPS) is 11.9. The number of methoxy groups -OCH3 is 1. The fourth-order valence-corrected chi connectivity index (χ4v) is 1.08. The van der Waals surface area contributed by atoms with Crippen molar-refractivity contribution in [1.82, 2.24) is 0 Å². The van der Waals surface area contributed by atoms with E-state index in [1.54, 1.807) is 6.92 Å². The fourth-order valence-electron chi connectivity index (χ4n) is 1.08. The summed E-state index contributed by atoms with van der Waals surface area (Å²) in [5, 5.41) is 0. The van der Waals surface area contributed by atoms with E-state index < -0.39 is 18.0 Å². The number of carbonyl (C=O) groups excluding carboxylic acids is 2. The van der Waals surface area contributed by atoms with Crippen LogP contribution in [0.1, 0.15) is 33.1 Å². The highest BCUT2D eigenvalue weighted by atomic mass is 16.6. The molecule has 0 saturated carbocycles. The minimum Gasteiger partial charge on any atom is -0.467 e. The average molecular weight is 232 g/mol. The minimum absolute atomic E-state index is 0.0930. The van der Waals surface area contributed by atoms with Crippen LogP contribution in [-0.2, 0) is 23.8 Å². The van der Waals surface area contributed by atoms with Crippen molar-refractivity contribution in [3.8, 4) is 0 Å². The summed E-state index contributed by atoms with van der Waals surface area (Å²) in [5.74, 6) is -0.987. The SMILES string of the molecule is CCCCOC(CC(=O)OCC)C(=O)OC. The van der Waals surface area contributed by atoms with E-state index in [0.717, 1.165) is 12.8 Å². The third-order valence-corrected chi connectivity index (χ3v) is 1.94. The number of esters is 2. The molecule has 0 saturated heterocycles. The Balaban J connectivity index is 4.09. The molecule has 0 aliphatic heterocycles. The Labute approximate surface area is 96.1 Å². The molecule has 0 fully saturated rings. The molecule has 0 amide bonds. The molecule has 1 atom stereocenters. The molecule has 5 nitrogen and oxygen atoms in total. The van der Waals surface area contributed by atoms with Gasteiger partial charge in [0, 0.05) is 6.61 Å². The third-order valence-electron chi connectivity index (χ3n) is 1.94. The van der Waals surface area contributed by atoms with Gasteiger partial charge in [-0.25, -0.2) is 4.79 Å². The molecule has 0 radical (unpaired) electrons. The zero-order chi connectivity index (χ0) is 12.4. The molecule has 94 valence electrons. The molecular formula is C11H20O5. The van der Waals surface area contributed by atoms with Gasteiger partial charge in [-0.2, -0.15) is 0 Å². The van der Waals surface area contributed by atoms with Gasteiger partial charge in [0.15, 0.2) is 6.10 Å². The average Bonchev–Trinajstić information content (AvgIpc) is 2.27. The van der Waals surface area contributed by atoms with E-state index in [1.165, 1.54) is 7.11 Å². The first-order valence-corrected chi connectivity index (χ1v) is 5.50. The number of carbonyl (C=O) groups is 2. The predicted octanol–water partition coefficient (Wildman–Crippen LogP) is 1.30. The summed E-state index contributed by atoms with van der Waals surface area (Å²) in [4.78, 5) is 22.5. The summed E-state index contributed by atoms with van der Waals surface area (Å²) in [5.41, 5.74) is 0. The van der Waals surface area contributed by atoms with Crippen molar-refractivity contribution in [1.29, 1.82) is 0 Å². The van der Waals surface area contributed by atoms with Crippen molar-refractivity contribution in [3.63, 3.8) is 0 Å². The summed E-state index contributed by atoms with van der Waals surface area (Å²) >= 11 is 0. The first-order valence-electron chi connectivity index (χ1n) is 5.50. The van der Waals surface area contributed by atoms with Crippen molar-refractivity contribution in [3.05, 3.63) is 0 Å². The van der Waals surface area contributed by atoms with Crippen LogP contribution in [0.2, 0.25) is 0 Å². The summed E-state index contributed by atoms with van der Waals surface area (Å²) < 4.78 is 14.6.